The van der Waals surface area contributed by atoms with Crippen LogP contribution in [0.25, 0.3) is 5.69 Å². The summed E-state index contributed by atoms with van der Waals surface area (Å²) in [6, 6.07) is 14.4. The van der Waals surface area contributed by atoms with Gasteiger partial charge in [-0.25, -0.2) is 9.07 Å². The first-order valence-corrected chi connectivity index (χ1v) is 8.45. The van der Waals surface area contributed by atoms with Crippen molar-refractivity contribution in [2.75, 3.05) is 5.32 Å². The van der Waals surface area contributed by atoms with Crippen molar-refractivity contribution in [1.29, 1.82) is 0 Å². The summed E-state index contributed by atoms with van der Waals surface area (Å²) in [5.41, 5.74) is 4.28. The molecule has 1 heterocycles. The zero-order valence-electron chi connectivity index (χ0n) is 14.3. The molecule has 0 amide bonds. The van der Waals surface area contributed by atoms with Crippen LogP contribution in [0, 0.1) is 12.7 Å². The zero-order chi connectivity index (χ0) is 17.6. The average Bonchev–Trinajstić information content (AvgIpc) is 3.10. The molecule has 4 rings (SSSR count). The van der Waals surface area contributed by atoms with Gasteiger partial charge in [0.25, 0.3) is 5.56 Å². The molecular weight excluding hydrogens is 317 g/mol. The largest absolute Gasteiger partial charge is 0.372 e. The van der Waals surface area contributed by atoms with Gasteiger partial charge in [-0.3, -0.25) is 9.48 Å². The maximum absolute atomic E-state index is 13.6. The highest BCUT2D eigenvalue weighted by molar-refractivity contribution is 5.52. The van der Waals surface area contributed by atoms with E-state index < -0.39 is 0 Å². The Morgan fingerprint density at radius 3 is 2.68 bits per heavy atom. The summed E-state index contributed by atoms with van der Waals surface area (Å²) < 4.78 is 17.1. The van der Waals surface area contributed by atoms with Crippen molar-refractivity contribution < 1.29 is 4.39 Å². The van der Waals surface area contributed by atoms with Crippen LogP contribution in [-0.2, 0) is 13.5 Å². The van der Waals surface area contributed by atoms with Crippen molar-refractivity contribution in [3.05, 3.63) is 81.5 Å². The standard InChI is InChI=1S/C20H20FN3O/c1-13-19(20(25)24(23(13)2)16-6-4-3-5-7-16)22-18-11-9-14-8-10-15(21)12-17(14)18/h3-8,10,12,18,22H,9,11H2,1-2H3. The molecule has 0 radical (unpaired) electrons. The molecule has 1 aromatic heterocycles. The zero-order valence-corrected chi connectivity index (χ0v) is 14.3. The number of halogens is 1. The highest BCUT2D eigenvalue weighted by Crippen LogP contribution is 2.34. The summed E-state index contributed by atoms with van der Waals surface area (Å²) in [6.45, 7) is 1.92. The maximum Gasteiger partial charge on any atom is 0.295 e. The fourth-order valence-corrected chi connectivity index (χ4v) is 3.63. The fourth-order valence-electron chi connectivity index (χ4n) is 3.63. The number of para-hydroxylation sites is 1. The minimum Gasteiger partial charge on any atom is -0.372 e. The predicted octanol–water partition coefficient (Wildman–Crippen LogP) is 3.72. The Morgan fingerprint density at radius 2 is 1.92 bits per heavy atom. The highest BCUT2D eigenvalue weighted by atomic mass is 19.1. The number of aryl methyl sites for hydroxylation is 1. The molecule has 1 atom stereocenters. The lowest BCUT2D eigenvalue weighted by molar-refractivity contribution is 0.624. The number of nitrogens with zero attached hydrogens (tertiary/aromatic N) is 2. The maximum atomic E-state index is 13.6. The Kier molecular flexibility index (Phi) is 3.71. The predicted molar refractivity (Wildman–Crippen MR) is 96.8 cm³/mol. The van der Waals surface area contributed by atoms with E-state index in [1.807, 2.05) is 55.1 Å². The first kappa shape index (κ1) is 15.7. The Bertz CT molecular complexity index is 988. The minimum absolute atomic E-state index is 0.0382. The van der Waals surface area contributed by atoms with Crippen LogP contribution < -0.4 is 10.9 Å². The molecule has 1 aliphatic carbocycles. The second-order valence-electron chi connectivity index (χ2n) is 6.52. The summed E-state index contributed by atoms with van der Waals surface area (Å²) in [6.07, 6.45) is 1.75. The van der Waals surface area contributed by atoms with E-state index >= 15 is 0 Å². The second-order valence-corrected chi connectivity index (χ2v) is 6.52. The third-order valence-electron chi connectivity index (χ3n) is 5.06. The second kappa shape index (κ2) is 5.92. The van der Waals surface area contributed by atoms with Crippen LogP contribution in [-0.4, -0.2) is 9.36 Å². The van der Waals surface area contributed by atoms with E-state index in [-0.39, 0.29) is 17.4 Å². The molecule has 2 aromatic carbocycles. The van der Waals surface area contributed by atoms with Gasteiger partial charge in [-0.05, 0) is 55.2 Å². The monoisotopic (exact) mass is 337 g/mol. The number of nitrogens with one attached hydrogen (secondary N) is 1. The first-order valence-electron chi connectivity index (χ1n) is 8.45. The van der Waals surface area contributed by atoms with E-state index in [0.717, 1.165) is 35.3 Å². The van der Waals surface area contributed by atoms with Gasteiger partial charge < -0.3 is 5.32 Å². The van der Waals surface area contributed by atoms with Crippen LogP contribution in [0.3, 0.4) is 0 Å². The molecule has 4 nitrogen and oxygen atoms in total. The molecule has 1 N–H and O–H groups in total. The molecule has 3 aromatic rings. The number of fused-ring (bicyclic) bond motifs is 1. The van der Waals surface area contributed by atoms with Gasteiger partial charge in [0.1, 0.15) is 11.5 Å². The molecule has 0 aliphatic heterocycles. The van der Waals surface area contributed by atoms with Gasteiger partial charge in [0.05, 0.1) is 17.4 Å². The molecule has 0 spiro atoms. The molecule has 1 unspecified atom stereocenters. The van der Waals surface area contributed by atoms with Gasteiger partial charge in [-0.15, -0.1) is 0 Å². The van der Waals surface area contributed by atoms with Crippen molar-refractivity contribution in [1.82, 2.24) is 9.36 Å². The number of aromatic nitrogens is 2. The average molecular weight is 337 g/mol. The number of anilines is 1. The van der Waals surface area contributed by atoms with Crippen LogP contribution in [0.5, 0.6) is 0 Å². The van der Waals surface area contributed by atoms with Crippen molar-refractivity contribution in [2.24, 2.45) is 7.05 Å². The van der Waals surface area contributed by atoms with Crippen molar-refractivity contribution >= 4 is 5.69 Å². The highest BCUT2D eigenvalue weighted by Gasteiger charge is 2.26. The fraction of sp³-hybridized carbons (Fsp3) is 0.250. The van der Waals surface area contributed by atoms with Gasteiger partial charge in [0.15, 0.2) is 0 Å². The summed E-state index contributed by atoms with van der Waals surface area (Å²) in [7, 11) is 1.87. The van der Waals surface area contributed by atoms with Crippen LogP contribution in [0.4, 0.5) is 10.1 Å². The van der Waals surface area contributed by atoms with Crippen molar-refractivity contribution in [3.8, 4) is 5.69 Å². The quantitative estimate of drug-likeness (QED) is 0.791. The van der Waals surface area contributed by atoms with Gasteiger partial charge in [-0.1, -0.05) is 24.3 Å². The lowest BCUT2D eigenvalue weighted by Gasteiger charge is -2.14. The summed E-state index contributed by atoms with van der Waals surface area (Å²) >= 11 is 0. The molecule has 128 valence electrons. The Balaban J connectivity index is 1.74. The Morgan fingerprint density at radius 1 is 1.16 bits per heavy atom. The van der Waals surface area contributed by atoms with Crippen LogP contribution in [0.1, 0.15) is 29.3 Å². The van der Waals surface area contributed by atoms with Crippen LogP contribution >= 0.6 is 0 Å². The third-order valence-corrected chi connectivity index (χ3v) is 5.06. The van der Waals surface area contributed by atoms with Gasteiger partial charge in [-0.2, -0.15) is 0 Å². The molecule has 0 bridgehead atoms. The molecule has 0 fully saturated rings. The van der Waals surface area contributed by atoms with E-state index in [2.05, 4.69) is 5.32 Å². The molecule has 0 saturated heterocycles. The third kappa shape index (κ3) is 2.56. The minimum atomic E-state index is -0.237. The number of hydrogen-bond acceptors (Lipinski definition) is 2. The summed E-state index contributed by atoms with van der Waals surface area (Å²) in [5, 5.41) is 3.37. The lowest BCUT2D eigenvalue weighted by Crippen LogP contribution is -2.21. The topological polar surface area (TPSA) is 39.0 Å². The van der Waals surface area contributed by atoms with Gasteiger partial charge in [0.2, 0.25) is 0 Å². The summed E-state index contributed by atoms with van der Waals surface area (Å²) in [5.74, 6) is -0.237. The van der Waals surface area contributed by atoms with E-state index in [0.29, 0.717) is 5.69 Å². The van der Waals surface area contributed by atoms with Gasteiger partial charge in [0, 0.05) is 7.05 Å². The first-order chi connectivity index (χ1) is 12.1. The Hall–Kier alpha value is -2.82. The molecule has 0 saturated carbocycles. The lowest BCUT2D eigenvalue weighted by atomic mass is 10.1. The van der Waals surface area contributed by atoms with Crippen molar-refractivity contribution in [3.63, 3.8) is 0 Å². The molecule has 5 heteroatoms. The van der Waals surface area contributed by atoms with Crippen LogP contribution in [0.2, 0.25) is 0 Å². The number of benzene rings is 2. The van der Waals surface area contributed by atoms with Gasteiger partial charge >= 0.3 is 0 Å². The molecular formula is C20H20FN3O. The van der Waals surface area contributed by atoms with E-state index in [1.54, 1.807) is 10.7 Å². The normalized spacial score (nSPS) is 16.0. The molecule has 1 aliphatic rings. The van der Waals surface area contributed by atoms with E-state index in [9.17, 15) is 9.18 Å². The van der Waals surface area contributed by atoms with Crippen LogP contribution in [0.15, 0.2) is 53.3 Å². The summed E-state index contributed by atoms with van der Waals surface area (Å²) in [4.78, 5) is 13.0. The SMILES string of the molecule is Cc1c(NC2CCc3ccc(F)cc32)c(=O)n(-c2ccccc2)n1C. The number of rotatable bonds is 3. The smallest absolute Gasteiger partial charge is 0.295 e. The van der Waals surface area contributed by atoms with E-state index in [1.165, 1.54) is 6.07 Å². The molecule has 25 heavy (non-hydrogen) atoms. The number of hydrogen-bond donors (Lipinski definition) is 1. The van der Waals surface area contributed by atoms with E-state index in [4.69, 9.17) is 0 Å². The van der Waals surface area contributed by atoms with Crippen molar-refractivity contribution in [2.45, 2.75) is 25.8 Å². The Labute approximate surface area is 145 Å².